The van der Waals surface area contributed by atoms with Gasteiger partial charge in [0.15, 0.2) is 0 Å². The van der Waals surface area contributed by atoms with Gasteiger partial charge in [0.05, 0.1) is 6.04 Å². The number of anilines is 1. The van der Waals surface area contributed by atoms with Crippen LogP contribution in [0.25, 0.3) is 0 Å². The second-order valence-electron chi connectivity index (χ2n) is 6.21. The number of hydrogen-bond acceptors (Lipinski definition) is 6. The van der Waals surface area contributed by atoms with E-state index in [1.165, 1.54) is 17.7 Å². The van der Waals surface area contributed by atoms with Crippen molar-refractivity contribution in [1.29, 1.82) is 0 Å². The van der Waals surface area contributed by atoms with Crippen molar-refractivity contribution < 1.29 is 0 Å². The van der Waals surface area contributed by atoms with E-state index in [1.54, 1.807) is 0 Å². The molecule has 0 aliphatic carbocycles. The molecule has 0 spiro atoms. The Kier molecular flexibility index (Phi) is 5.59. The number of likely N-dealkylation sites (N-methyl/N-ethyl adjacent to an activating group) is 1. The summed E-state index contributed by atoms with van der Waals surface area (Å²) in [5.41, 5.74) is 1.14. The lowest BCUT2D eigenvalue weighted by Crippen LogP contribution is -2.30. The molecule has 0 aromatic carbocycles. The van der Waals surface area contributed by atoms with Crippen molar-refractivity contribution in [3.63, 3.8) is 0 Å². The molecule has 5 nitrogen and oxygen atoms in total. The Labute approximate surface area is 142 Å². The molecule has 1 aliphatic rings. The fourth-order valence-corrected chi connectivity index (χ4v) is 3.81. The van der Waals surface area contributed by atoms with Crippen LogP contribution in [0.3, 0.4) is 0 Å². The van der Waals surface area contributed by atoms with Crippen molar-refractivity contribution in [1.82, 2.24) is 20.2 Å². The second-order valence-corrected chi connectivity index (χ2v) is 7.19. The highest BCUT2D eigenvalue weighted by molar-refractivity contribution is 7.10. The first-order valence-corrected chi connectivity index (χ1v) is 9.08. The van der Waals surface area contributed by atoms with Gasteiger partial charge in [-0.05, 0) is 38.4 Å². The second kappa shape index (κ2) is 7.86. The zero-order valence-corrected chi connectivity index (χ0v) is 14.7. The predicted octanol–water partition coefficient (Wildman–Crippen LogP) is 2.53. The monoisotopic (exact) mass is 331 g/mol. The third-order valence-corrected chi connectivity index (χ3v) is 5.22. The minimum Gasteiger partial charge on any atom is -0.341 e. The fourth-order valence-electron chi connectivity index (χ4n) is 2.89. The fraction of sp³-hybridized carbons (Fsp3) is 0.529. The Balaban J connectivity index is 1.51. The van der Waals surface area contributed by atoms with Gasteiger partial charge in [0.25, 0.3) is 0 Å². The van der Waals surface area contributed by atoms with Gasteiger partial charge in [0.1, 0.15) is 0 Å². The van der Waals surface area contributed by atoms with Crippen molar-refractivity contribution in [3.8, 4) is 0 Å². The molecule has 1 fully saturated rings. The summed E-state index contributed by atoms with van der Waals surface area (Å²) in [5.74, 6) is 0.871. The first-order valence-electron chi connectivity index (χ1n) is 8.20. The number of rotatable bonds is 7. The molecule has 1 unspecified atom stereocenters. The van der Waals surface area contributed by atoms with Gasteiger partial charge >= 0.3 is 0 Å². The van der Waals surface area contributed by atoms with Gasteiger partial charge in [-0.3, -0.25) is 0 Å². The average molecular weight is 331 g/mol. The van der Waals surface area contributed by atoms with Crippen LogP contribution in [0.15, 0.2) is 29.9 Å². The summed E-state index contributed by atoms with van der Waals surface area (Å²) in [6, 6.07) is 4.71. The van der Waals surface area contributed by atoms with Crippen LogP contribution in [0.5, 0.6) is 0 Å². The number of nitrogens with zero attached hydrogens (tertiary/aromatic N) is 4. The Hall–Kier alpha value is -1.50. The summed E-state index contributed by atoms with van der Waals surface area (Å²) >= 11 is 1.81. The highest BCUT2D eigenvalue weighted by atomic mass is 32.1. The Bertz CT molecular complexity index is 576. The van der Waals surface area contributed by atoms with Gasteiger partial charge in [-0.1, -0.05) is 6.07 Å². The Morgan fingerprint density at radius 3 is 2.61 bits per heavy atom. The molecule has 23 heavy (non-hydrogen) atoms. The minimum absolute atomic E-state index is 0.403. The normalized spacial score (nSPS) is 16.2. The Morgan fingerprint density at radius 2 is 2.00 bits per heavy atom. The smallest absolute Gasteiger partial charge is 0.225 e. The van der Waals surface area contributed by atoms with E-state index in [1.807, 2.05) is 23.7 Å². The molecular weight excluding hydrogens is 306 g/mol. The predicted molar refractivity (Wildman–Crippen MR) is 95.9 cm³/mol. The molecule has 1 saturated heterocycles. The molecule has 0 amide bonds. The molecule has 3 rings (SSSR count). The topological polar surface area (TPSA) is 44.3 Å². The zero-order valence-electron chi connectivity index (χ0n) is 13.9. The van der Waals surface area contributed by atoms with Gasteiger partial charge in [-0.15, -0.1) is 11.3 Å². The minimum atomic E-state index is 0.403. The van der Waals surface area contributed by atoms with E-state index >= 15 is 0 Å². The van der Waals surface area contributed by atoms with Crippen LogP contribution in [0.2, 0.25) is 0 Å². The first kappa shape index (κ1) is 16.4. The largest absolute Gasteiger partial charge is 0.341 e. The van der Waals surface area contributed by atoms with Crippen LogP contribution in [0, 0.1) is 0 Å². The standard InChI is InChI=1S/C17H25N5S/c1-21(2)15(16-6-5-9-23-16)13-18-10-14-11-19-17(20-12-14)22-7-3-4-8-22/h5-6,9,11-12,15,18H,3-4,7-8,10,13H2,1-2H3. The van der Waals surface area contributed by atoms with Crippen molar-refractivity contribution in [2.75, 3.05) is 38.6 Å². The molecule has 1 N–H and O–H groups in total. The maximum Gasteiger partial charge on any atom is 0.225 e. The summed E-state index contributed by atoms with van der Waals surface area (Å²) in [6.07, 6.45) is 6.40. The van der Waals surface area contributed by atoms with Crippen molar-refractivity contribution in [3.05, 3.63) is 40.3 Å². The van der Waals surface area contributed by atoms with Crippen molar-refractivity contribution >= 4 is 17.3 Å². The summed E-state index contributed by atoms with van der Waals surface area (Å²) in [5, 5.41) is 5.67. The summed E-state index contributed by atoms with van der Waals surface area (Å²) < 4.78 is 0. The number of thiophene rings is 1. The molecule has 124 valence electrons. The third kappa shape index (κ3) is 4.28. The molecule has 0 radical (unpaired) electrons. The summed E-state index contributed by atoms with van der Waals surface area (Å²) in [6.45, 7) is 3.89. The van der Waals surface area contributed by atoms with Crippen LogP contribution in [-0.4, -0.2) is 48.6 Å². The molecule has 0 saturated carbocycles. The molecule has 2 aromatic rings. The number of hydrogen-bond donors (Lipinski definition) is 1. The van der Waals surface area contributed by atoms with Crippen LogP contribution in [0.1, 0.15) is 29.3 Å². The lowest BCUT2D eigenvalue weighted by atomic mass is 10.2. The van der Waals surface area contributed by atoms with Crippen LogP contribution < -0.4 is 10.2 Å². The van der Waals surface area contributed by atoms with Gasteiger partial charge < -0.3 is 15.1 Å². The van der Waals surface area contributed by atoms with Crippen LogP contribution in [-0.2, 0) is 6.54 Å². The van der Waals surface area contributed by atoms with Gasteiger partial charge in [0.2, 0.25) is 5.95 Å². The average Bonchev–Trinajstić information content (AvgIpc) is 3.25. The highest BCUT2D eigenvalue weighted by Crippen LogP contribution is 2.22. The number of aromatic nitrogens is 2. The van der Waals surface area contributed by atoms with Gasteiger partial charge in [0, 0.05) is 49.0 Å². The molecule has 1 atom stereocenters. The highest BCUT2D eigenvalue weighted by Gasteiger charge is 2.16. The summed E-state index contributed by atoms with van der Waals surface area (Å²) in [7, 11) is 4.25. The SMILES string of the molecule is CN(C)C(CNCc1cnc(N2CCCC2)nc1)c1cccs1. The van der Waals surface area contributed by atoms with Crippen LogP contribution >= 0.6 is 11.3 Å². The Morgan fingerprint density at radius 1 is 1.26 bits per heavy atom. The molecule has 1 aliphatic heterocycles. The van der Waals surface area contributed by atoms with Gasteiger partial charge in [-0.2, -0.15) is 0 Å². The van der Waals surface area contributed by atoms with E-state index in [-0.39, 0.29) is 0 Å². The molecule has 2 aromatic heterocycles. The first-order chi connectivity index (χ1) is 11.2. The van der Waals surface area contributed by atoms with E-state index in [2.05, 4.69) is 56.7 Å². The maximum absolute atomic E-state index is 4.51. The lowest BCUT2D eigenvalue weighted by Gasteiger charge is -2.23. The van der Waals surface area contributed by atoms with E-state index in [9.17, 15) is 0 Å². The van der Waals surface area contributed by atoms with Crippen molar-refractivity contribution in [2.24, 2.45) is 0 Å². The van der Waals surface area contributed by atoms with E-state index in [4.69, 9.17) is 0 Å². The van der Waals surface area contributed by atoms with E-state index in [0.29, 0.717) is 6.04 Å². The maximum atomic E-state index is 4.51. The lowest BCUT2D eigenvalue weighted by molar-refractivity contribution is 0.292. The van der Waals surface area contributed by atoms with Crippen molar-refractivity contribution in [2.45, 2.75) is 25.4 Å². The number of nitrogens with one attached hydrogen (secondary N) is 1. The molecule has 3 heterocycles. The quantitative estimate of drug-likeness (QED) is 0.845. The van der Waals surface area contributed by atoms with Gasteiger partial charge in [-0.25, -0.2) is 9.97 Å². The molecule has 6 heteroatoms. The van der Waals surface area contributed by atoms with E-state index < -0.39 is 0 Å². The molecular formula is C17H25N5S. The third-order valence-electron chi connectivity index (χ3n) is 4.24. The zero-order chi connectivity index (χ0) is 16.1. The molecule has 0 bridgehead atoms. The summed E-state index contributed by atoms with van der Waals surface area (Å²) in [4.78, 5) is 14.9. The van der Waals surface area contributed by atoms with E-state index in [0.717, 1.165) is 37.7 Å². The van der Waals surface area contributed by atoms with Crippen LogP contribution in [0.4, 0.5) is 5.95 Å².